The molecule has 3 N–H and O–H groups in total. The summed E-state index contributed by atoms with van der Waals surface area (Å²) in [4.78, 5) is 15.3. The third-order valence-corrected chi connectivity index (χ3v) is 4.11. The standard InChI is InChI=1S/C16H22N2O2/c1-4-11(2)16(3,20)10-18-15(19)13-7-5-6-12-8-9-17-14(12)13/h5-9,11,17,20H,4,10H2,1-3H3,(H,18,19). The Morgan fingerprint density at radius 3 is 2.90 bits per heavy atom. The van der Waals surface area contributed by atoms with E-state index in [2.05, 4.69) is 10.3 Å². The van der Waals surface area contributed by atoms with Crippen molar-refractivity contribution in [3.63, 3.8) is 0 Å². The fourth-order valence-corrected chi connectivity index (χ4v) is 2.24. The van der Waals surface area contributed by atoms with E-state index in [1.165, 1.54) is 0 Å². The molecule has 0 spiro atoms. The highest BCUT2D eigenvalue weighted by molar-refractivity contribution is 6.05. The number of benzene rings is 1. The zero-order chi connectivity index (χ0) is 14.8. The molecule has 20 heavy (non-hydrogen) atoms. The lowest BCUT2D eigenvalue weighted by Crippen LogP contribution is -2.45. The summed E-state index contributed by atoms with van der Waals surface area (Å²) < 4.78 is 0. The molecule has 1 heterocycles. The molecule has 1 amide bonds. The van der Waals surface area contributed by atoms with Crippen LogP contribution in [0.4, 0.5) is 0 Å². The molecule has 0 bridgehead atoms. The molecule has 2 aromatic rings. The van der Waals surface area contributed by atoms with E-state index in [0.29, 0.717) is 5.56 Å². The molecule has 0 radical (unpaired) electrons. The number of carbonyl (C=O) groups is 1. The second-order valence-corrected chi connectivity index (χ2v) is 5.60. The minimum atomic E-state index is -0.895. The van der Waals surface area contributed by atoms with Crippen molar-refractivity contribution in [3.05, 3.63) is 36.0 Å². The summed E-state index contributed by atoms with van der Waals surface area (Å²) in [5.41, 5.74) is 0.536. The number of hydrogen-bond acceptors (Lipinski definition) is 2. The lowest BCUT2D eigenvalue weighted by Gasteiger charge is -2.29. The Morgan fingerprint density at radius 2 is 2.20 bits per heavy atom. The van der Waals surface area contributed by atoms with E-state index in [0.717, 1.165) is 17.3 Å². The number of rotatable bonds is 5. The number of fused-ring (bicyclic) bond motifs is 1. The van der Waals surface area contributed by atoms with Crippen LogP contribution in [0.25, 0.3) is 10.9 Å². The number of nitrogens with one attached hydrogen (secondary N) is 2. The maximum atomic E-state index is 12.3. The molecule has 1 aromatic heterocycles. The molecular formula is C16H22N2O2. The third-order valence-electron chi connectivity index (χ3n) is 4.11. The molecular weight excluding hydrogens is 252 g/mol. The number of aromatic amines is 1. The molecule has 0 aliphatic carbocycles. The normalized spacial score (nSPS) is 15.8. The summed E-state index contributed by atoms with van der Waals surface area (Å²) >= 11 is 0. The highest BCUT2D eigenvalue weighted by Crippen LogP contribution is 2.20. The molecule has 0 fully saturated rings. The monoisotopic (exact) mass is 274 g/mol. The van der Waals surface area contributed by atoms with E-state index in [-0.39, 0.29) is 18.4 Å². The van der Waals surface area contributed by atoms with Gasteiger partial charge in [0.05, 0.1) is 16.7 Å². The maximum absolute atomic E-state index is 12.3. The summed E-state index contributed by atoms with van der Waals surface area (Å²) in [5.74, 6) is -0.0364. The number of carbonyl (C=O) groups excluding carboxylic acids is 1. The first kappa shape index (κ1) is 14.6. The molecule has 1 aromatic carbocycles. The summed E-state index contributed by atoms with van der Waals surface area (Å²) in [6, 6.07) is 7.53. The topological polar surface area (TPSA) is 65.1 Å². The Morgan fingerprint density at radius 1 is 1.45 bits per heavy atom. The molecule has 4 heteroatoms. The van der Waals surface area contributed by atoms with Crippen molar-refractivity contribution in [1.29, 1.82) is 0 Å². The van der Waals surface area contributed by atoms with Gasteiger partial charge in [0.15, 0.2) is 0 Å². The van der Waals surface area contributed by atoms with E-state index < -0.39 is 5.60 Å². The van der Waals surface area contributed by atoms with Crippen LogP contribution < -0.4 is 5.32 Å². The molecule has 2 rings (SSSR count). The predicted molar refractivity (Wildman–Crippen MR) is 80.7 cm³/mol. The van der Waals surface area contributed by atoms with Gasteiger partial charge >= 0.3 is 0 Å². The second-order valence-electron chi connectivity index (χ2n) is 5.60. The van der Waals surface area contributed by atoms with Crippen LogP contribution in [0.5, 0.6) is 0 Å². The van der Waals surface area contributed by atoms with Gasteiger partial charge < -0.3 is 15.4 Å². The molecule has 2 atom stereocenters. The fourth-order valence-electron chi connectivity index (χ4n) is 2.24. The molecule has 4 nitrogen and oxygen atoms in total. The van der Waals surface area contributed by atoms with Crippen LogP contribution in [-0.2, 0) is 0 Å². The van der Waals surface area contributed by atoms with Crippen LogP contribution in [0.3, 0.4) is 0 Å². The quantitative estimate of drug-likeness (QED) is 0.785. The van der Waals surface area contributed by atoms with Crippen LogP contribution in [0.15, 0.2) is 30.5 Å². The van der Waals surface area contributed by atoms with Crippen LogP contribution in [0.2, 0.25) is 0 Å². The number of aliphatic hydroxyl groups is 1. The molecule has 0 saturated heterocycles. The van der Waals surface area contributed by atoms with Crippen LogP contribution in [-0.4, -0.2) is 28.1 Å². The number of para-hydroxylation sites is 1. The summed E-state index contributed by atoms with van der Waals surface area (Å²) in [6.07, 6.45) is 2.69. The summed E-state index contributed by atoms with van der Waals surface area (Å²) in [5, 5.41) is 14.2. The van der Waals surface area contributed by atoms with Crippen LogP contribution in [0.1, 0.15) is 37.6 Å². The minimum absolute atomic E-state index is 0.129. The van der Waals surface area contributed by atoms with Gasteiger partial charge in [0.2, 0.25) is 0 Å². The third kappa shape index (κ3) is 2.85. The van der Waals surface area contributed by atoms with E-state index >= 15 is 0 Å². The van der Waals surface area contributed by atoms with E-state index in [9.17, 15) is 9.90 Å². The van der Waals surface area contributed by atoms with Gasteiger partial charge in [-0.25, -0.2) is 0 Å². The predicted octanol–water partition coefficient (Wildman–Crippen LogP) is 2.69. The van der Waals surface area contributed by atoms with Crippen molar-refractivity contribution in [3.8, 4) is 0 Å². The summed E-state index contributed by atoms with van der Waals surface area (Å²) in [6.45, 7) is 6.02. The van der Waals surface area contributed by atoms with Gasteiger partial charge in [0, 0.05) is 18.1 Å². The molecule has 0 aliphatic heterocycles. The van der Waals surface area contributed by atoms with Gasteiger partial charge in [0.1, 0.15) is 0 Å². The Kier molecular flexibility index (Phi) is 4.14. The van der Waals surface area contributed by atoms with Crippen molar-refractivity contribution in [2.75, 3.05) is 6.54 Å². The average Bonchev–Trinajstić information content (AvgIpc) is 2.92. The Labute approximate surface area is 119 Å². The average molecular weight is 274 g/mol. The zero-order valence-electron chi connectivity index (χ0n) is 12.2. The van der Waals surface area contributed by atoms with Crippen molar-refractivity contribution >= 4 is 16.8 Å². The Hall–Kier alpha value is -1.81. The zero-order valence-corrected chi connectivity index (χ0v) is 12.2. The van der Waals surface area contributed by atoms with E-state index in [1.54, 1.807) is 13.0 Å². The van der Waals surface area contributed by atoms with Crippen molar-refractivity contribution in [2.24, 2.45) is 5.92 Å². The van der Waals surface area contributed by atoms with Crippen LogP contribution >= 0.6 is 0 Å². The number of hydrogen-bond donors (Lipinski definition) is 3. The highest BCUT2D eigenvalue weighted by Gasteiger charge is 2.27. The molecule has 2 unspecified atom stereocenters. The first-order chi connectivity index (χ1) is 9.45. The van der Waals surface area contributed by atoms with Gasteiger partial charge in [-0.15, -0.1) is 0 Å². The van der Waals surface area contributed by atoms with E-state index in [1.807, 2.05) is 38.2 Å². The first-order valence-corrected chi connectivity index (χ1v) is 7.02. The van der Waals surface area contributed by atoms with Crippen molar-refractivity contribution < 1.29 is 9.90 Å². The van der Waals surface area contributed by atoms with Gasteiger partial charge in [-0.1, -0.05) is 32.4 Å². The summed E-state index contributed by atoms with van der Waals surface area (Å²) in [7, 11) is 0. The van der Waals surface area contributed by atoms with Crippen molar-refractivity contribution in [1.82, 2.24) is 10.3 Å². The molecule has 0 saturated carbocycles. The number of H-pyrrole nitrogens is 1. The number of aromatic nitrogens is 1. The van der Waals surface area contributed by atoms with Crippen molar-refractivity contribution in [2.45, 2.75) is 32.8 Å². The highest BCUT2D eigenvalue weighted by atomic mass is 16.3. The lowest BCUT2D eigenvalue weighted by atomic mass is 9.88. The first-order valence-electron chi connectivity index (χ1n) is 7.02. The number of amides is 1. The molecule has 0 aliphatic rings. The lowest BCUT2D eigenvalue weighted by molar-refractivity contribution is 0.00594. The Balaban J connectivity index is 2.11. The van der Waals surface area contributed by atoms with E-state index in [4.69, 9.17) is 0 Å². The van der Waals surface area contributed by atoms with Gasteiger partial charge in [0.25, 0.3) is 5.91 Å². The second kappa shape index (κ2) is 5.67. The largest absolute Gasteiger partial charge is 0.388 e. The minimum Gasteiger partial charge on any atom is -0.388 e. The Bertz CT molecular complexity index is 601. The van der Waals surface area contributed by atoms with Gasteiger partial charge in [-0.2, -0.15) is 0 Å². The van der Waals surface area contributed by atoms with Gasteiger partial charge in [-0.3, -0.25) is 4.79 Å². The molecule has 108 valence electrons. The van der Waals surface area contributed by atoms with Crippen LogP contribution in [0, 0.1) is 5.92 Å². The smallest absolute Gasteiger partial charge is 0.253 e. The fraction of sp³-hybridized carbons (Fsp3) is 0.438. The SMILES string of the molecule is CCC(C)C(C)(O)CNC(=O)c1cccc2cc[nH]c12. The van der Waals surface area contributed by atoms with Gasteiger partial charge in [-0.05, 0) is 25.0 Å². The maximum Gasteiger partial charge on any atom is 0.253 e.